The van der Waals surface area contributed by atoms with Crippen LogP contribution in [0.4, 0.5) is 0 Å². The first-order chi connectivity index (χ1) is 11.1. The number of carbonyl (C=O) groups excluding carboxylic acids is 1. The summed E-state index contributed by atoms with van der Waals surface area (Å²) in [5.74, 6) is 0.00173. The van der Waals surface area contributed by atoms with Gasteiger partial charge in [0.15, 0.2) is 0 Å². The van der Waals surface area contributed by atoms with E-state index < -0.39 is 0 Å². The zero-order valence-electron chi connectivity index (χ0n) is 13.8. The van der Waals surface area contributed by atoms with Gasteiger partial charge in [-0.2, -0.15) is 0 Å². The molecule has 4 heteroatoms. The molecule has 0 saturated heterocycles. The number of rotatable bonds is 5. The maximum atomic E-state index is 12.3. The van der Waals surface area contributed by atoms with Crippen molar-refractivity contribution < 1.29 is 4.79 Å². The summed E-state index contributed by atoms with van der Waals surface area (Å²) in [5, 5.41) is 4.15. The fourth-order valence-electron chi connectivity index (χ4n) is 2.53. The summed E-state index contributed by atoms with van der Waals surface area (Å²) in [6.45, 7) is 7.01. The minimum absolute atomic E-state index is 0.00173. The minimum atomic E-state index is 0.00173. The highest BCUT2D eigenvalue weighted by Crippen LogP contribution is 2.28. The SMILES string of the molecule is CCc1ccc(CNC(=O)c2cc3cn(C(C)C)cc3s2)cc1. The van der Waals surface area contributed by atoms with Crippen LogP contribution >= 0.6 is 11.3 Å². The maximum Gasteiger partial charge on any atom is 0.261 e. The summed E-state index contributed by atoms with van der Waals surface area (Å²) >= 11 is 1.55. The summed E-state index contributed by atoms with van der Waals surface area (Å²) < 4.78 is 3.34. The first kappa shape index (κ1) is 15.8. The lowest BCUT2D eigenvalue weighted by Gasteiger charge is -2.06. The molecule has 0 saturated carbocycles. The van der Waals surface area contributed by atoms with Gasteiger partial charge in [0, 0.05) is 30.4 Å². The standard InChI is InChI=1S/C19H22N2OS/c1-4-14-5-7-15(8-6-14)10-20-19(22)17-9-16-11-21(13(2)3)12-18(16)23-17/h5-9,11-13H,4,10H2,1-3H3,(H,20,22). The largest absolute Gasteiger partial charge is 0.350 e. The number of amides is 1. The zero-order chi connectivity index (χ0) is 16.4. The summed E-state index contributed by atoms with van der Waals surface area (Å²) in [5.41, 5.74) is 2.44. The maximum absolute atomic E-state index is 12.3. The molecule has 3 nitrogen and oxygen atoms in total. The number of benzene rings is 1. The number of hydrogen-bond acceptors (Lipinski definition) is 2. The number of aryl methyl sites for hydroxylation is 1. The molecule has 2 heterocycles. The van der Waals surface area contributed by atoms with Crippen molar-refractivity contribution >= 4 is 27.3 Å². The molecular weight excluding hydrogens is 304 g/mol. The predicted octanol–water partition coefficient (Wildman–Crippen LogP) is 4.78. The number of fused-ring (bicyclic) bond motifs is 1. The molecule has 23 heavy (non-hydrogen) atoms. The molecule has 3 aromatic rings. The van der Waals surface area contributed by atoms with Crippen LogP contribution in [0.3, 0.4) is 0 Å². The summed E-state index contributed by atoms with van der Waals surface area (Å²) in [6.07, 6.45) is 5.26. The predicted molar refractivity (Wildman–Crippen MR) is 97.2 cm³/mol. The second-order valence-electron chi connectivity index (χ2n) is 6.08. The van der Waals surface area contributed by atoms with Crippen LogP contribution in [-0.2, 0) is 13.0 Å². The Morgan fingerprint density at radius 2 is 1.87 bits per heavy atom. The van der Waals surface area contributed by atoms with E-state index >= 15 is 0 Å². The molecule has 1 aromatic carbocycles. The monoisotopic (exact) mass is 326 g/mol. The Morgan fingerprint density at radius 3 is 2.48 bits per heavy atom. The topological polar surface area (TPSA) is 34.0 Å². The molecule has 0 aliphatic rings. The highest BCUT2D eigenvalue weighted by atomic mass is 32.1. The molecule has 120 valence electrons. The fourth-order valence-corrected chi connectivity index (χ4v) is 3.52. The first-order valence-electron chi connectivity index (χ1n) is 8.04. The molecule has 0 fully saturated rings. The second-order valence-corrected chi connectivity index (χ2v) is 7.17. The van der Waals surface area contributed by atoms with Gasteiger partial charge < -0.3 is 9.88 Å². The molecule has 0 atom stereocenters. The summed E-state index contributed by atoms with van der Waals surface area (Å²) in [6, 6.07) is 10.8. The van der Waals surface area contributed by atoms with Crippen LogP contribution in [0.15, 0.2) is 42.7 Å². The van der Waals surface area contributed by atoms with Crippen LogP contribution in [0, 0.1) is 0 Å². The number of hydrogen-bond donors (Lipinski definition) is 1. The van der Waals surface area contributed by atoms with Crippen LogP contribution in [-0.4, -0.2) is 10.5 Å². The molecule has 3 rings (SSSR count). The molecule has 0 bridgehead atoms. The lowest BCUT2D eigenvalue weighted by molar-refractivity contribution is 0.0955. The van der Waals surface area contributed by atoms with E-state index in [1.165, 1.54) is 5.56 Å². The van der Waals surface area contributed by atoms with E-state index in [1.807, 2.05) is 6.07 Å². The number of aromatic nitrogens is 1. The zero-order valence-corrected chi connectivity index (χ0v) is 14.6. The van der Waals surface area contributed by atoms with Crippen LogP contribution in [0.25, 0.3) is 10.1 Å². The molecular formula is C19H22N2OS. The van der Waals surface area contributed by atoms with Crippen molar-refractivity contribution in [1.82, 2.24) is 9.88 Å². The molecule has 1 amide bonds. The molecule has 0 aliphatic carbocycles. The molecule has 0 spiro atoms. The van der Waals surface area contributed by atoms with Gasteiger partial charge in [-0.15, -0.1) is 11.3 Å². The van der Waals surface area contributed by atoms with E-state index in [0.29, 0.717) is 12.6 Å². The van der Waals surface area contributed by atoms with Gasteiger partial charge in [-0.25, -0.2) is 0 Å². The van der Waals surface area contributed by atoms with Crippen molar-refractivity contribution in [3.05, 3.63) is 58.7 Å². The average Bonchev–Trinajstić information content (AvgIpc) is 3.12. The third kappa shape index (κ3) is 3.48. The van der Waals surface area contributed by atoms with Crippen molar-refractivity contribution in [3.8, 4) is 0 Å². The van der Waals surface area contributed by atoms with Gasteiger partial charge >= 0.3 is 0 Å². The molecule has 0 aliphatic heterocycles. The van der Waals surface area contributed by atoms with E-state index in [9.17, 15) is 4.79 Å². The van der Waals surface area contributed by atoms with Crippen molar-refractivity contribution in [3.63, 3.8) is 0 Å². The lowest BCUT2D eigenvalue weighted by Crippen LogP contribution is -2.21. The van der Waals surface area contributed by atoms with Gasteiger partial charge in [-0.1, -0.05) is 31.2 Å². The third-order valence-electron chi connectivity index (χ3n) is 4.05. The minimum Gasteiger partial charge on any atom is -0.350 e. The number of thiophene rings is 1. The fraction of sp³-hybridized carbons (Fsp3) is 0.316. The number of carbonyl (C=O) groups is 1. The number of nitrogens with one attached hydrogen (secondary N) is 1. The summed E-state index contributed by atoms with van der Waals surface area (Å²) in [4.78, 5) is 13.1. The van der Waals surface area contributed by atoms with E-state index in [4.69, 9.17) is 0 Å². The van der Waals surface area contributed by atoms with Crippen molar-refractivity contribution in [2.75, 3.05) is 0 Å². The summed E-state index contributed by atoms with van der Waals surface area (Å²) in [7, 11) is 0. The van der Waals surface area contributed by atoms with Crippen molar-refractivity contribution in [2.24, 2.45) is 0 Å². The Labute approximate surface area is 140 Å². The highest BCUT2D eigenvalue weighted by molar-refractivity contribution is 7.20. The highest BCUT2D eigenvalue weighted by Gasteiger charge is 2.12. The van der Waals surface area contributed by atoms with Gasteiger partial charge in [0.25, 0.3) is 5.91 Å². The average molecular weight is 326 g/mol. The number of nitrogens with zero attached hydrogens (tertiary/aromatic N) is 1. The quantitative estimate of drug-likeness (QED) is 0.719. The third-order valence-corrected chi connectivity index (χ3v) is 5.13. The molecule has 0 unspecified atom stereocenters. The Balaban J connectivity index is 1.66. The Hall–Kier alpha value is -2.07. The van der Waals surface area contributed by atoms with Gasteiger partial charge in [0.05, 0.1) is 9.58 Å². The second kappa shape index (κ2) is 6.59. The van der Waals surface area contributed by atoms with Gasteiger partial charge in [0.2, 0.25) is 0 Å². The van der Waals surface area contributed by atoms with Crippen LogP contribution < -0.4 is 5.32 Å². The van der Waals surface area contributed by atoms with Gasteiger partial charge in [0.1, 0.15) is 0 Å². The Morgan fingerprint density at radius 1 is 1.17 bits per heavy atom. The van der Waals surface area contributed by atoms with E-state index in [0.717, 1.165) is 26.9 Å². The van der Waals surface area contributed by atoms with Crippen LogP contribution in [0.5, 0.6) is 0 Å². The smallest absolute Gasteiger partial charge is 0.261 e. The van der Waals surface area contributed by atoms with E-state index in [1.54, 1.807) is 11.3 Å². The van der Waals surface area contributed by atoms with Crippen molar-refractivity contribution in [1.29, 1.82) is 0 Å². The van der Waals surface area contributed by atoms with Crippen LogP contribution in [0.2, 0.25) is 0 Å². The first-order valence-corrected chi connectivity index (χ1v) is 8.85. The molecule has 0 radical (unpaired) electrons. The Kier molecular flexibility index (Phi) is 4.53. The van der Waals surface area contributed by atoms with Gasteiger partial charge in [-0.3, -0.25) is 4.79 Å². The van der Waals surface area contributed by atoms with Gasteiger partial charge in [-0.05, 0) is 37.5 Å². The van der Waals surface area contributed by atoms with Crippen LogP contribution in [0.1, 0.15) is 47.6 Å². The molecule has 1 N–H and O–H groups in total. The van der Waals surface area contributed by atoms with E-state index in [-0.39, 0.29) is 5.91 Å². The Bertz CT molecular complexity index is 780. The van der Waals surface area contributed by atoms with E-state index in [2.05, 4.69) is 67.3 Å². The lowest BCUT2D eigenvalue weighted by atomic mass is 10.1. The van der Waals surface area contributed by atoms with Crippen molar-refractivity contribution in [2.45, 2.75) is 39.8 Å². The normalized spacial score (nSPS) is 11.3. The molecule has 2 aromatic heterocycles.